The Balaban J connectivity index is 2.18. The smallest absolute Gasteiger partial charge is 0.274 e. The molecule has 3 N–H and O–H groups in total. The van der Waals surface area contributed by atoms with Crippen molar-refractivity contribution in [3.05, 3.63) is 52.5 Å². The second-order valence-electron chi connectivity index (χ2n) is 3.56. The van der Waals surface area contributed by atoms with Gasteiger partial charge < -0.3 is 11.1 Å². The third-order valence-corrected chi connectivity index (χ3v) is 2.80. The molecule has 0 aliphatic heterocycles. The fourth-order valence-corrected chi connectivity index (χ4v) is 1.72. The lowest BCUT2D eigenvalue weighted by Crippen LogP contribution is -2.13. The van der Waals surface area contributed by atoms with E-state index in [0.717, 1.165) is 0 Å². The standard InChI is InChI=1S/C12H9BrFN3O/c13-9-6-8(1-2-10(9)14)17-12(18)11-5-7(15)3-4-16-11/h1-6H,(H2,15,16)(H,17,18). The Labute approximate surface area is 111 Å². The number of nitrogens with zero attached hydrogens (tertiary/aromatic N) is 1. The monoisotopic (exact) mass is 309 g/mol. The second kappa shape index (κ2) is 5.14. The van der Waals surface area contributed by atoms with Gasteiger partial charge >= 0.3 is 0 Å². The molecule has 0 aliphatic carbocycles. The SMILES string of the molecule is Nc1ccnc(C(=O)Nc2ccc(F)c(Br)c2)c1. The summed E-state index contributed by atoms with van der Waals surface area (Å²) in [6, 6.07) is 7.25. The third kappa shape index (κ3) is 2.84. The van der Waals surface area contributed by atoms with Gasteiger partial charge in [-0.25, -0.2) is 4.39 Å². The average Bonchev–Trinajstić information content (AvgIpc) is 2.34. The van der Waals surface area contributed by atoms with Crippen LogP contribution in [-0.2, 0) is 0 Å². The molecule has 0 atom stereocenters. The zero-order valence-corrected chi connectivity index (χ0v) is 10.7. The van der Waals surface area contributed by atoms with Crippen LogP contribution in [0.1, 0.15) is 10.5 Å². The van der Waals surface area contributed by atoms with Crippen molar-refractivity contribution >= 4 is 33.2 Å². The minimum Gasteiger partial charge on any atom is -0.399 e. The van der Waals surface area contributed by atoms with Crippen LogP contribution in [0.4, 0.5) is 15.8 Å². The zero-order valence-electron chi connectivity index (χ0n) is 9.15. The first-order valence-corrected chi connectivity index (χ1v) is 5.83. The number of rotatable bonds is 2. The van der Waals surface area contributed by atoms with Gasteiger partial charge in [0.2, 0.25) is 0 Å². The molecular weight excluding hydrogens is 301 g/mol. The van der Waals surface area contributed by atoms with Gasteiger partial charge in [0.05, 0.1) is 4.47 Å². The molecular formula is C12H9BrFN3O. The van der Waals surface area contributed by atoms with E-state index in [1.54, 1.807) is 6.07 Å². The van der Waals surface area contributed by atoms with Gasteiger partial charge in [-0.15, -0.1) is 0 Å². The Morgan fingerprint density at radius 3 is 2.78 bits per heavy atom. The van der Waals surface area contributed by atoms with Crippen molar-refractivity contribution in [2.45, 2.75) is 0 Å². The number of nitrogen functional groups attached to an aromatic ring is 1. The van der Waals surface area contributed by atoms with E-state index in [-0.39, 0.29) is 10.2 Å². The number of amides is 1. The predicted octanol–water partition coefficient (Wildman–Crippen LogP) is 2.82. The highest BCUT2D eigenvalue weighted by molar-refractivity contribution is 9.10. The van der Waals surface area contributed by atoms with E-state index in [0.29, 0.717) is 11.4 Å². The number of nitrogens with one attached hydrogen (secondary N) is 1. The fourth-order valence-electron chi connectivity index (χ4n) is 1.34. The number of anilines is 2. The fraction of sp³-hybridized carbons (Fsp3) is 0. The van der Waals surface area contributed by atoms with Crippen molar-refractivity contribution in [1.82, 2.24) is 4.98 Å². The Morgan fingerprint density at radius 2 is 2.11 bits per heavy atom. The summed E-state index contributed by atoms with van der Waals surface area (Å²) < 4.78 is 13.3. The van der Waals surface area contributed by atoms with Gasteiger partial charge in [-0.2, -0.15) is 0 Å². The van der Waals surface area contributed by atoms with Crippen LogP contribution in [0.3, 0.4) is 0 Å². The molecule has 1 aromatic heterocycles. The van der Waals surface area contributed by atoms with Gasteiger partial charge in [0.25, 0.3) is 5.91 Å². The maximum Gasteiger partial charge on any atom is 0.274 e. The first-order valence-electron chi connectivity index (χ1n) is 5.04. The minimum absolute atomic E-state index is 0.204. The first-order chi connectivity index (χ1) is 8.56. The molecule has 1 heterocycles. The molecule has 0 aliphatic rings. The summed E-state index contributed by atoms with van der Waals surface area (Å²) in [6.45, 7) is 0. The molecule has 0 radical (unpaired) electrons. The van der Waals surface area contributed by atoms with Crippen LogP contribution < -0.4 is 11.1 Å². The number of aromatic nitrogens is 1. The quantitative estimate of drug-likeness (QED) is 0.896. The van der Waals surface area contributed by atoms with Crippen molar-refractivity contribution in [1.29, 1.82) is 0 Å². The third-order valence-electron chi connectivity index (χ3n) is 2.19. The lowest BCUT2D eigenvalue weighted by molar-refractivity contribution is 0.102. The number of halogens is 2. The number of nitrogens with two attached hydrogens (primary N) is 1. The number of pyridine rings is 1. The van der Waals surface area contributed by atoms with Crippen molar-refractivity contribution in [3.8, 4) is 0 Å². The number of benzene rings is 1. The molecule has 0 bridgehead atoms. The van der Waals surface area contributed by atoms with Crippen LogP contribution in [0.25, 0.3) is 0 Å². The summed E-state index contributed by atoms with van der Waals surface area (Å²) in [4.78, 5) is 15.7. The van der Waals surface area contributed by atoms with E-state index in [1.165, 1.54) is 30.5 Å². The molecule has 0 saturated carbocycles. The number of carbonyl (C=O) groups excluding carboxylic acids is 1. The number of hydrogen-bond donors (Lipinski definition) is 2. The van der Waals surface area contributed by atoms with Gasteiger partial charge in [-0.1, -0.05) is 0 Å². The summed E-state index contributed by atoms with van der Waals surface area (Å²) in [7, 11) is 0. The van der Waals surface area contributed by atoms with E-state index in [1.807, 2.05) is 0 Å². The van der Waals surface area contributed by atoms with Crippen molar-refractivity contribution in [2.75, 3.05) is 11.1 Å². The molecule has 2 rings (SSSR count). The van der Waals surface area contributed by atoms with Crippen molar-refractivity contribution in [2.24, 2.45) is 0 Å². The lowest BCUT2D eigenvalue weighted by Gasteiger charge is -2.05. The van der Waals surface area contributed by atoms with Crippen LogP contribution in [-0.4, -0.2) is 10.9 Å². The summed E-state index contributed by atoms with van der Waals surface area (Å²) in [5.74, 6) is -0.795. The van der Waals surface area contributed by atoms with Crippen LogP contribution in [0.2, 0.25) is 0 Å². The minimum atomic E-state index is -0.402. The van der Waals surface area contributed by atoms with Crippen molar-refractivity contribution < 1.29 is 9.18 Å². The van der Waals surface area contributed by atoms with Crippen LogP contribution in [0.15, 0.2) is 41.0 Å². The normalized spacial score (nSPS) is 10.1. The second-order valence-corrected chi connectivity index (χ2v) is 4.41. The molecule has 0 saturated heterocycles. The summed E-state index contributed by atoms with van der Waals surface area (Å²) in [5, 5.41) is 2.60. The predicted molar refractivity (Wildman–Crippen MR) is 70.7 cm³/mol. The first kappa shape index (κ1) is 12.5. The van der Waals surface area contributed by atoms with E-state index in [9.17, 15) is 9.18 Å². The van der Waals surface area contributed by atoms with Crippen LogP contribution in [0, 0.1) is 5.82 Å². The van der Waals surface area contributed by atoms with Gasteiger partial charge in [0, 0.05) is 17.6 Å². The zero-order chi connectivity index (χ0) is 13.1. The van der Waals surface area contributed by atoms with E-state index in [2.05, 4.69) is 26.2 Å². The summed E-state index contributed by atoms with van der Waals surface area (Å²) in [6.07, 6.45) is 1.45. The number of carbonyl (C=O) groups is 1. The Bertz CT molecular complexity index is 604. The molecule has 0 unspecified atom stereocenters. The Morgan fingerprint density at radius 1 is 1.33 bits per heavy atom. The maximum absolute atomic E-state index is 13.0. The van der Waals surface area contributed by atoms with Crippen LogP contribution in [0.5, 0.6) is 0 Å². The van der Waals surface area contributed by atoms with Gasteiger partial charge in [0.15, 0.2) is 0 Å². The molecule has 1 aromatic carbocycles. The summed E-state index contributed by atoms with van der Waals surface area (Å²) in [5.41, 5.74) is 6.68. The largest absolute Gasteiger partial charge is 0.399 e. The van der Waals surface area contributed by atoms with E-state index >= 15 is 0 Å². The number of hydrogen-bond acceptors (Lipinski definition) is 3. The molecule has 6 heteroatoms. The molecule has 4 nitrogen and oxygen atoms in total. The Hall–Kier alpha value is -1.95. The molecule has 18 heavy (non-hydrogen) atoms. The topological polar surface area (TPSA) is 68.0 Å². The average molecular weight is 310 g/mol. The van der Waals surface area contributed by atoms with Gasteiger partial charge in [-0.3, -0.25) is 9.78 Å². The maximum atomic E-state index is 13.0. The highest BCUT2D eigenvalue weighted by Gasteiger charge is 2.09. The van der Waals surface area contributed by atoms with E-state index in [4.69, 9.17) is 5.73 Å². The van der Waals surface area contributed by atoms with Crippen LogP contribution >= 0.6 is 15.9 Å². The molecule has 1 amide bonds. The Kier molecular flexibility index (Phi) is 3.57. The van der Waals surface area contributed by atoms with Gasteiger partial charge in [-0.05, 0) is 46.3 Å². The lowest BCUT2D eigenvalue weighted by atomic mass is 10.2. The molecule has 0 spiro atoms. The van der Waals surface area contributed by atoms with Gasteiger partial charge in [0.1, 0.15) is 11.5 Å². The highest BCUT2D eigenvalue weighted by Crippen LogP contribution is 2.20. The van der Waals surface area contributed by atoms with E-state index < -0.39 is 11.7 Å². The molecule has 92 valence electrons. The van der Waals surface area contributed by atoms with Crippen molar-refractivity contribution in [3.63, 3.8) is 0 Å². The molecule has 0 fully saturated rings. The summed E-state index contributed by atoms with van der Waals surface area (Å²) >= 11 is 3.04. The highest BCUT2D eigenvalue weighted by atomic mass is 79.9. The molecule has 2 aromatic rings.